The first-order valence-electron chi connectivity index (χ1n) is 3.33. The van der Waals surface area contributed by atoms with Crippen molar-refractivity contribution in [1.82, 2.24) is 0 Å². The zero-order valence-electron chi connectivity index (χ0n) is 8.59. The Morgan fingerprint density at radius 2 is 2.00 bits per heavy atom. The van der Waals surface area contributed by atoms with Crippen molar-refractivity contribution in [3.63, 3.8) is 0 Å². The smallest absolute Gasteiger partial charge is 1.00 e. The van der Waals surface area contributed by atoms with Gasteiger partial charge in [-0.1, -0.05) is 24.3 Å². The van der Waals surface area contributed by atoms with Gasteiger partial charge in [0.1, 0.15) is 0 Å². The topological polar surface area (TPSA) is 12.0 Å². The molecule has 0 spiro atoms. The van der Waals surface area contributed by atoms with Crippen LogP contribution in [-0.4, -0.2) is 44.3 Å². The summed E-state index contributed by atoms with van der Waals surface area (Å²) >= 11 is 0. The maximum atomic E-state index is 3.61. The molecule has 2 heteroatoms. The number of nitrogens with one attached hydrogen (secondary N) is 1. The standard InChI is InChI=1S/C9H11N.Ca.2H/c1-2-8-10-9-6-4-3-5-7-9;;;/h2-7,10H,1,8H2;;;/q;+2;2*-1. The molecule has 0 saturated heterocycles. The molecule has 1 nitrogen and oxygen atoms in total. The van der Waals surface area contributed by atoms with E-state index in [0.717, 1.165) is 12.2 Å². The number of para-hydroxylation sites is 1. The average Bonchev–Trinajstić information content (AvgIpc) is 2.03. The number of hydrogen-bond acceptors (Lipinski definition) is 1. The van der Waals surface area contributed by atoms with Crippen molar-refractivity contribution in [1.29, 1.82) is 0 Å². The van der Waals surface area contributed by atoms with Gasteiger partial charge in [-0.2, -0.15) is 0 Å². The van der Waals surface area contributed by atoms with E-state index in [1.807, 2.05) is 36.4 Å². The number of rotatable bonds is 3. The minimum Gasteiger partial charge on any atom is -1.00 e. The van der Waals surface area contributed by atoms with Crippen molar-refractivity contribution in [2.75, 3.05) is 11.9 Å². The molecule has 1 aromatic carbocycles. The molecular formula is C9H13CaN. The Labute approximate surface area is 100 Å². The van der Waals surface area contributed by atoms with Crippen LogP contribution in [0.5, 0.6) is 0 Å². The number of benzene rings is 1. The van der Waals surface area contributed by atoms with Gasteiger partial charge in [0, 0.05) is 12.2 Å². The Bertz CT molecular complexity index is 204. The Morgan fingerprint density at radius 1 is 1.36 bits per heavy atom. The van der Waals surface area contributed by atoms with Crippen LogP contribution in [0, 0.1) is 0 Å². The maximum absolute atomic E-state index is 3.61. The molecule has 0 atom stereocenters. The molecule has 0 aromatic heterocycles. The summed E-state index contributed by atoms with van der Waals surface area (Å²) in [7, 11) is 0. The second-order valence-corrected chi connectivity index (χ2v) is 2.04. The van der Waals surface area contributed by atoms with Gasteiger partial charge >= 0.3 is 37.7 Å². The largest absolute Gasteiger partial charge is 2.00 e. The van der Waals surface area contributed by atoms with Crippen LogP contribution in [0.25, 0.3) is 0 Å². The minimum atomic E-state index is 0. The van der Waals surface area contributed by atoms with Crippen molar-refractivity contribution in [2.45, 2.75) is 0 Å². The van der Waals surface area contributed by atoms with Gasteiger partial charge in [-0.25, -0.2) is 0 Å². The van der Waals surface area contributed by atoms with Crippen LogP contribution in [0.1, 0.15) is 2.85 Å². The number of anilines is 1. The molecule has 0 heterocycles. The molecule has 0 aliphatic carbocycles. The zero-order chi connectivity index (χ0) is 7.23. The van der Waals surface area contributed by atoms with Crippen LogP contribution in [0.15, 0.2) is 43.0 Å². The minimum absolute atomic E-state index is 0. The Hall–Kier alpha value is 0.0197. The van der Waals surface area contributed by atoms with E-state index in [2.05, 4.69) is 11.9 Å². The van der Waals surface area contributed by atoms with Crippen LogP contribution in [-0.2, 0) is 0 Å². The number of hydrogen-bond donors (Lipinski definition) is 1. The molecule has 1 aromatic rings. The fraction of sp³-hybridized carbons (Fsp3) is 0.111. The predicted octanol–water partition coefficient (Wildman–Crippen LogP) is 2.13. The fourth-order valence-corrected chi connectivity index (χ4v) is 0.746. The summed E-state index contributed by atoms with van der Waals surface area (Å²) in [4.78, 5) is 0. The molecule has 0 aliphatic heterocycles. The molecule has 0 fully saturated rings. The van der Waals surface area contributed by atoms with Gasteiger partial charge in [0.05, 0.1) is 0 Å². The summed E-state index contributed by atoms with van der Waals surface area (Å²) in [6.45, 7) is 4.44. The molecule has 0 amide bonds. The van der Waals surface area contributed by atoms with Gasteiger partial charge in [-0.3, -0.25) is 0 Å². The molecule has 11 heavy (non-hydrogen) atoms. The van der Waals surface area contributed by atoms with Crippen molar-refractivity contribution >= 4 is 43.4 Å². The van der Waals surface area contributed by atoms with Gasteiger partial charge < -0.3 is 8.17 Å². The summed E-state index contributed by atoms with van der Waals surface area (Å²) in [6.07, 6.45) is 1.84. The van der Waals surface area contributed by atoms with Crippen LogP contribution >= 0.6 is 0 Å². The summed E-state index contributed by atoms with van der Waals surface area (Å²) in [5.74, 6) is 0. The SMILES string of the molecule is C=CCNc1ccccc1.[Ca+2].[H-].[H-]. The van der Waals surface area contributed by atoms with E-state index in [-0.39, 0.29) is 40.6 Å². The summed E-state index contributed by atoms with van der Waals surface area (Å²) < 4.78 is 0. The first kappa shape index (κ1) is 11.0. The van der Waals surface area contributed by atoms with Crippen molar-refractivity contribution in [3.05, 3.63) is 43.0 Å². The molecule has 1 rings (SSSR count). The Morgan fingerprint density at radius 3 is 2.55 bits per heavy atom. The van der Waals surface area contributed by atoms with Crippen LogP contribution < -0.4 is 5.32 Å². The summed E-state index contributed by atoms with van der Waals surface area (Å²) in [5.41, 5.74) is 1.14. The van der Waals surface area contributed by atoms with Gasteiger partial charge in [0.15, 0.2) is 0 Å². The molecule has 0 saturated carbocycles. The second-order valence-electron chi connectivity index (χ2n) is 2.04. The third-order valence-corrected chi connectivity index (χ3v) is 1.22. The van der Waals surface area contributed by atoms with Crippen LogP contribution in [0.3, 0.4) is 0 Å². The molecule has 0 bridgehead atoms. The monoisotopic (exact) mass is 175 g/mol. The van der Waals surface area contributed by atoms with E-state index in [9.17, 15) is 0 Å². The molecule has 0 aliphatic rings. The van der Waals surface area contributed by atoms with E-state index in [4.69, 9.17) is 0 Å². The van der Waals surface area contributed by atoms with Gasteiger partial charge in [0.2, 0.25) is 0 Å². The summed E-state index contributed by atoms with van der Waals surface area (Å²) in [6, 6.07) is 10.1. The van der Waals surface area contributed by atoms with Crippen molar-refractivity contribution < 1.29 is 2.85 Å². The van der Waals surface area contributed by atoms with E-state index in [1.54, 1.807) is 0 Å². The molecule has 56 valence electrons. The Balaban J connectivity index is -0.000000333. The third-order valence-electron chi connectivity index (χ3n) is 1.22. The van der Waals surface area contributed by atoms with Crippen molar-refractivity contribution in [2.24, 2.45) is 0 Å². The summed E-state index contributed by atoms with van der Waals surface area (Å²) in [5, 5.41) is 3.18. The van der Waals surface area contributed by atoms with E-state index >= 15 is 0 Å². The van der Waals surface area contributed by atoms with Gasteiger partial charge in [-0.15, -0.1) is 6.58 Å². The van der Waals surface area contributed by atoms with Gasteiger partial charge in [-0.05, 0) is 12.1 Å². The fourth-order valence-electron chi connectivity index (χ4n) is 0.746. The van der Waals surface area contributed by atoms with E-state index in [0.29, 0.717) is 0 Å². The maximum Gasteiger partial charge on any atom is 2.00 e. The quantitative estimate of drug-likeness (QED) is 0.548. The third kappa shape index (κ3) is 4.46. The normalized spacial score (nSPS) is 8.00. The van der Waals surface area contributed by atoms with Gasteiger partial charge in [0.25, 0.3) is 0 Å². The zero-order valence-corrected chi connectivity index (χ0v) is 8.79. The Kier molecular flexibility index (Phi) is 6.72. The van der Waals surface area contributed by atoms with Crippen LogP contribution in [0.4, 0.5) is 5.69 Å². The molecule has 0 unspecified atom stereocenters. The molecule has 1 N–H and O–H groups in total. The molecule has 0 radical (unpaired) electrons. The van der Waals surface area contributed by atoms with Crippen LogP contribution in [0.2, 0.25) is 0 Å². The first-order chi connectivity index (χ1) is 4.93. The van der Waals surface area contributed by atoms with E-state index < -0.39 is 0 Å². The average molecular weight is 175 g/mol. The molecular weight excluding hydrogens is 162 g/mol. The first-order valence-corrected chi connectivity index (χ1v) is 3.33. The predicted molar refractivity (Wildman–Crippen MR) is 53.1 cm³/mol. The second kappa shape index (κ2) is 6.71. The van der Waals surface area contributed by atoms with Crippen molar-refractivity contribution in [3.8, 4) is 0 Å². The van der Waals surface area contributed by atoms with E-state index in [1.165, 1.54) is 0 Å².